The first-order valence-electron chi connectivity index (χ1n) is 24.2. The highest BCUT2D eigenvalue weighted by molar-refractivity contribution is 5.75. The third-order valence-corrected chi connectivity index (χ3v) is 11.7. The molecule has 0 saturated carbocycles. The van der Waals surface area contributed by atoms with Crippen molar-refractivity contribution < 1.29 is 102 Å². The van der Waals surface area contributed by atoms with E-state index in [-0.39, 0.29) is 26.4 Å². The van der Waals surface area contributed by atoms with E-state index in [0.717, 1.165) is 33.5 Å². The van der Waals surface area contributed by atoms with Crippen LogP contribution in [-0.2, 0) is 71.2 Å². The van der Waals surface area contributed by atoms with E-state index in [1.165, 1.54) is 6.92 Å². The first-order valence-corrected chi connectivity index (χ1v) is 24.2. The lowest BCUT2D eigenvalue weighted by Crippen LogP contribution is -2.63. The second-order valence-electron chi connectivity index (χ2n) is 16.9. The minimum Gasteiger partial charge on any atom is -0.467 e. The SMILES string of the molecule is CCCCOC1[C@H](OC(CO)OC(C(=O)OC)[C@H](O[C@@H]2OC(CO)[C@@H](OC(CO)OC(C(=O)OC)[C@H](O)[C@H](C)OCCCC)C(OCCCC)[C@@H]2N=[N+]=[N-])[C@H](C)OCCCC)C(CO)O[C@@H](O)[C@H]1C. The maximum Gasteiger partial charge on any atom is 0.337 e. The Morgan fingerprint density at radius 1 is 0.667 bits per heavy atom. The van der Waals surface area contributed by atoms with Gasteiger partial charge in [-0.25, -0.2) is 9.59 Å². The van der Waals surface area contributed by atoms with Crippen molar-refractivity contribution in [2.45, 2.75) is 204 Å². The van der Waals surface area contributed by atoms with E-state index >= 15 is 0 Å². The van der Waals surface area contributed by atoms with Gasteiger partial charge in [0.1, 0.15) is 42.7 Å². The van der Waals surface area contributed by atoms with Crippen LogP contribution in [0, 0.1) is 5.92 Å². The molecular formula is C45H83N3O21. The van der Waals surface area contributed by atoms with Crippen LogP contribution in [-0.4, -0.2) is 214 Å². The number of unbranched alkanes of at least 4 members (excludes halogenated alkanes) is 4. The molecule has 2 aliphatic heterocycles. The Kier molecular flexibility index (Phi) is 31.7. The predicted octanol–water partition coefficient (Wildman–Crippen LogP) is 1.78. The highest BCUT2D eigenvalue weighted by atomic mass is 16.8. The van der Waals surface area contributed by atoms with Gasteiger partial charge in [-0.15, -0.1) is 0 Å². The van der Waals surface area contributed by atoms with Crippen LogP contribution in [0.2, 0.25) is 0 Å². The second kappa shape index (κ2) is 34.8. The molecular weight excluding hydrogens is 918 g/mol. The normalized spacial score (nSPS) is 28.6. The van der Waals surface area contributed by atoms with Crippen LogP contribution in [0.4, 0.5) is 0 Å². The summed E-state index contributed by atoms with van der Waals surface area (Å²) in [6.45, 7) is 10.2. The molecule has 0 amide bonds. The number of methoxy groups -OCH3 is 2. The topological polar surface area (TPSA) is 324 Å². The van der Waals surface area contributed by atoms with E-state index < -0.39 is 149 Å². The van der Waals surface area contributed by atoms with Crippen molar-refractivity contribution in [3.63, 3.8) is 0 Å². The minimum atomic E-state index is -1.79. The summed E-state index contributed by atoms with van der Waals surface area (Å²) in [5.74, 6) is -2.68. The first kappa shape index (κ1) is 62.7. The van der Waals surface area contributed by atoms with Crippen molar-refractivity contribution in [3.8, 4) is 0 Å². The first-order chi connectivity index (χ1) is 33.2. The Bertz CT molecular complexity index is 1440. The monoisotopic (exact) mass is 1000 g/mol. The molecule has 2 rings (SSSR count). The van der Waals surface area contributed by atoms with E-state index in [9.17, 15) is 45.8 Å². The molecule has 0 spiro atoms. The van der Waals surface area contributed by atoms with Gasteiger partial charge < -0.3 is 92.2 Å². The number of hydrogen-bond acceptors (Lipinski definition) is 22. The number of azide groups is 1. The molecule has 8 unspecified atom stereocenters. The Morgan fingerprint density at radius 3 is 1.62 bits per heavy atom. The van der Waals surface area contributed by atoms with E-state index in [4.69, 9.17) is 61.6 Å². The van der Waals surface area contributed by atoms with Gasteiger partial charge in [0.05, 0.1) is 65.1 Å². The average molecular weight is 1000 g/mol. The van der Waals surface area contributed by atoms with Gasteiger partial charge in [0, 0.05) is 37.3 Å². The summed E-state index contributed by atoms with van der Waals surface area (Å²) in [6, 6.07) is -1.49. The number of aliphatic hydroxyl groups excluding tert-OH is 6. The van der Waals surface area contributed by atoms with Crippen LogP contribution in [0.1, 0.15) is 99.8 Å². The number of esters is 2. The van der Waals surface area contributed by atoms with Crippen molar-refractivity contribution in [2.24, 2.45) is 11.0 Å². The molecule has 2 saturated heterocycles. The van der Waals surface area contributed by atoms with Crippen molar-refractivity contribution in [2.75, 3.05) is 67.1 Å². The highest BCUT2D eigenvalue weighted by Gasteiger charge is 2.52. The maximum absolute atomic E-state index is 13.9. The molecule has 2 heterocycles. The summed E-state index contributed by atoms with van der Waals surface area (Å²) in [6.07, 6.45) is -16.7. The van der Waals surface area contributed by atoms with Crippen molar-refractivity contribution in [1.29, 1.82) is 0 Å². The summed E-state index contributed by atoms with van der Waals surface area (Å²) in [5, 5.41) is 68.2. The van der Waals surface area contributed by atoms with Crippen LogP contribution in [0.5, 0.6) is 0 Å². The molecule has 2 fully saturated rings. The number of carbonyl (C=O) groups excluding carboxylic acids is 2. The smallest absolute Gasteiger partial charge is 0.337 e. The Labute approximate surface area is 405 Å². The van der Waals surface area contributed by atoms with Gasteiger partial charge in [-0.05, 0) is 45.1 Å². The summed E-state index contributed by atoms with van der Waals surface area (Å²) < 4.78 is 77.2. The summed E-state index contributed by atoms with van der Waals surface area (Å²) in [4.78, 5) is 29.9. The van der Waals surface area contributed by atoms with Gasteiger partial charge in [-0.2, -0.15) is 0 Å². The number of hydrogen-bond donors (Lipinski definition) is 6. The Morgan fingerprint density at radius 2 is 1.13 bits per heavy atom. The third kappa shape index (κ3) is 19.5. The van der Waals surface area contributed by atoms with Crippen LogP contribution >= 0.6 is 0 Å². The lowest BCUT2D eigenvalue weighted by atomic mass is 9.92. The fourth-order valence-electron chi connectivity index (χ4n) is 7.57. The maximum atomic E-state index is 13.9. The number of carbonyl (C=O) groups is 2. The lowest BCUT2D eigenvalue weighted by Gasteiger charge is -2.47. The molecule has 0 bridgehead atoms. The zero-order chi connectivity index (χ0) is 51.5. The minimum absolute atomic E-state index is 0.0615. The molecule has 0 aromatic rings. The molecule has 69 heavy (non-hydrogen) atoms. The van der Waals surface area contributed by atoms with E-state index in [1.54, 1.807) is 13.8 Å². The highest BCUT2D eigenvalue weighted by Crippen LogP contribution is 2.34. The number of ether oxygens (including phenoxy) is 13. The van der Waals surface area contributed by atoms with Crippen molar-refractivity contribution >= 4 is 11.9 Å². The molecule has 0 aromatic carbocycles. The molecule has 0 aliphatic carbocycles. The molecule has 2 aliphatic rings. The van der Waals surface area contributed by atoms with Gasteiger partial charge in [0.15, 0.2) is 37.4 Å². The van der Waals surface area contributed by atoms with Crippen molar-refractivity contribution in [1.82, 2.24) is 0 Å². The second-order valence-corrected chi connectivity index (χ2v) is 16.9. The number of rotatable bonds is 37. The Hall–Kier alpha value is -2.43. The van der Waals surface area contributed by atoms with Crippen LogP contribution < -0.4 is 0 Å². The largest absolute Gasteiger partial charge is 0.467 e. The zero-order valence-corrected chi connectivity index (χ0v) is 41.9. The van der Waals surface area contributed by atoms with Crippen LogP contribution in [0.3, 0.4) is 0 Å². The summed E-state index contributed by atoms with van der Waals surface area (Å²) >= 11 is 0. The van der Waals surface area contributed by atoms with Crippen LogP contribution in [0.25, 0.3) is 10.4 Å². The fourth-order valence-corrected chi connectivity index (χ4v) is 7.57. The molecule has 0 radical (unpaired) electrons. The molecule has 6 N–H and O–H groups in total. The standard InChI is InChI=1S/C45H83N3O21/c1-10-14-18-59-27(6)34(53)40(43(55)57-8)67-31(24-51)66-38-30(23-50)64-45(33(47-48-46)39(38)62-21-17-13-4)69-36(28(7)60-19-15-11-2)41(44(56)58-9)68-32(25-52)65-37-29(22-49)63-42(54)26(5)35(37)61-20-16-12-3/h26-42,45,49-54H,10-25H2,1-9H3/t26-,27-,28-,29?,30?,31?,32?,33-,34+,35?,36+,37+,38+,39?,40?,41?,42+,45-/m0/s1. The number of aliphatic hydroxyl groups is 6. The summed E-state index contributed by atoms with van der Waals surface area (Å²) in [5.41, 5.74) is 9.98. The van der Waals surface area contributed by atoms with E-state index in [0.29, 0.717) is 32.1 Å². The molecule has 0 aromatic heterocycles. The molecule has 24 nitrogen and oxygen atoms in total. The third-order valence-electron chi connectivity index (χ3n) is 11.7. The molecule has 24 heteroatoms. The van der Waals surface area contributed by atoms with E-state index in [2.05, 4.69) is 10.0 Å². The van der Waals surface area contributed by atoms with Gasteiger partial charge in [-0.3, -0.25) is 0 Å². The van der Waals surface area contributed by atoms with Gasteiger partial charge in [0.2, 0.25) is 0 Å². The van der Waals surface area contributed by atoms with Crippen LogP contribution in [0.15, 0.2) is 5.11 Å². The average Bonchev–Trinajstić information content (AvgIpc) is 3.35. The van der Waals surface area contributed by atoms with Gasteiger partial charge in [0.25, 0.3) is 0 Å². The molecule has 404 valence electrons. The summed E-state index contributed by atoms with van der Waals surface area (Å²) in [7, 11) is 2.18. The quantitative estimate of drug-likeness (QED) is 0.0129. The van der Waals surface area contributed by atoms with Gasteiger partial charge >= 0.3 is 11.9 Å². The zero-order valence-electron chi connectivity index (χ0n) is 41.9. The Balaban J connectivity index is 2.65. The lowest BCUT2D eigenvalue weighted by molar-refractivity contribution is -0.340. The molecule has 18 atom stereocenters. The van der Waals surface area contributed by atoms with E-state index in [1.807, 2.05) is 27.7 Å². The van der Waals surface area contributed by atoms with Crippen molar-refractivity contribution in [3.05, 3.63) is 10.4 Å². The fraction of sp³-hybridized carbons (Fsp3) is 0.956. The number of nitrogens with zero attached hydrogens (tertiary/aromatic N) is 3. The predicted molar refractivity (Wildman–Crippen MR) is 242 cm³/mol. The van der Waals surface area contributed by atoms with Gasteiger partial charge in [-0.1, -0.05) is 65.4 Å².